The predicted octanol–water partition coefficient (Wildman–Crippen LogP) is 4.56. The van der Waals surface area contributed by atoms with E-state index in [-0.39, 0.29) is 11.8 Å². The number of benzene rings is 2. The van der Waals surface area contributed by atoms with Crippen molar-refractivity contribution < 1.29 is 9.53 Å². The van der Waals surface area contributed by atoms with Gasteiger partial charge in [0.25, 0.3) is 5.91 Å². The third kappa shape index (κ3) is 4.92. The maximum atomic E-state index is 12.3. The van der Waals surface area contributed by atoms with Crippen molar-refractivity contribution in [1.82, 2.24) is 10.3 Å². The minimum absolute atomic E-state index is 0.0746. The highest BCUT2D eigenvalue weighted by atomic mass is 32.1. The summed E-state index contributed by atoms with van der Waals surface area (Å²) in [7, 11) is 0. The molecule has 4 nitrogen and oxygen atoms in total. The molecule has 0 spiro atoms. The summed E-state index contributed by atoms with van der Waals surface area (Å²) in [4.78, 5) is 16.7. The van der Waals surface area contributed by atoms with E-state index in [0.717, 1.165) is 16.5 Å². The first-order chi connectivity index (χ1) is 12.6. The topological polar surface area (TPSA) is 51.2 Å². The third-order valence-electron chi connectivity index (χ3n) is 4.11. The Kier molecular flexibility index (Phi) is 6.02. The highest BCUT2D eigenvalue weighted by molar-refractivity contribution is 7.09. The largest absolute Gasteiger partial charge is 0.487 e. The van der Waals surface area contributed by atoms with Gasteiger partial charge in [-0.2, -0.15) is 0 Å². The summed E-state index contributed by atoms with van der Waals surface area (Å²) in [6, 6.07) is 17.4. The van der Waals surface area contributed by atoms with Crippen molar-refractivity contribution in [3.05, 3.63) is 81.8 Å². The van der Waals surface area contributed by atoms with Crippen molar-refractivity contribution in [2.75, 3.05) is 6.54 Å². The second-order valence-corrected chi connectivity index (χ2v) is 7.25. The molecule has 3 aromatic rings. The van der Waals surface area contributed by atoms with Crippen LogP contribution in [0.5, 0.6) is 5.75 Å². The molecule has 0 unspecified atom stereocenters. The van der Waals surface area contributed by atoms with E-state index >= 15 is 0 Å². The van der Waals surface area contributed by atoms with Crippen LogP contribution >= 0.6 is 11.3 Å². The molecule has 0 saturated carbocycles. The maximum absolute atomic E-state index is 12.3. The fourth-order valence-corrected chi connectivity index (χ4v) is 3.18. The van der Waals surface area contributed by atoms with Crippen LogP contribution in [0.2, 0.25) is 0 Å². The monoisotopic (exact) mass is 366 g/mol. The van der Waals surface area contributed by atoms with E-state index < -0.39 is 0 Å². The molecule has 0 radical (unpaired) electrons. The molecule has 0 aliphatic heterocycles. The first-order valence-electron chi connectivity index (χ1n) is 8.59. The molecule has 134 valence electrons. The highest BCUT2D eigenvalue weighted by Gasteiger charge is 2.09. The number of hydrogen-bond acceptors (Lipinski definition) is 4. The van der Waals surface area contributed by atoms with Crippen LogP contribution in [0.1, 0.15) is 39.5 Å². The second-order valence-electron chi connectivity index (χ2n) is 6.19. The van der Waals surface area contributed by atoms with Crippen molar-refractivity contribution >= 4 is 17.2 Å². The van der Waals surface area contributed by atoms with Crippen LogP contribution < -0.4 is 10.1 Å². The molecular formula is C21H22N2O2S. The minimum Gasteiger partial charge on any atom is -0.487 e. The average Bonchev–Trinajstić information content (AvgIpc) is 3.10. The van der Waals surface area contributed by atoms with E-state index in [1.165, 1.54) is 5.56 Å². The molecule has 5 heteroatoms. The Labute approximate surface area is 157 Å². The van der Waals surface area contributed by atoms with Crippen molar-refractivity contribution in [1.29, 1.82) is 0 Å². The Morgan fingerprint density at radius 2 is 1.88 bits per heavy atom. The van der Waals surface area contributed by atoms with E-state index in [4.69, 9.17) is 4.74 Å². The fourth-order valence-electron chi connectivity index (χ4n) is 2.58. The Hall–Kier alpha value is -2.66. The Bertz CT molecular complexity index is 844. The molecule has 1 heterocycles. The summed E-state index contributed by atoms with van der Waals surface area (Å²) in [6.45, 7) is 5.11. The standard InChI is InChI=1S/C21H22N2O2S/c1-15(17-6-4-3-5-7-17)12-22-21(24)18-8-10-20(11-9-18)25-13-19-14-26-16(2)23-19/h3-11,14-15H,12-13H2,1-2H3,(H,22,24)/t15-/m1/s1. The van der Waals surface area contributed by atoms with Gasteiger partial charge in [-0.05, 0) is 42.7 Å². The molecule has 0 saturated heterocycles. The van der Waals surface area contributed by atoms with Gasteiger partial charge in [0.15, 0.2) is 0 Å². The quantitative estimate of drug-likeness (QED) is 0.667. The van der Waals surface area contributed by atoms with E-state index in [1.807, 2.05) is 42.6 Å². The number of carbonyl (C=O) groups is 1. The zero-order valence-electron chi connectivity index (χ0n) is 14.9. The SMILES string of the molecule is Cc1nc(COc2ccc(C(=O)NC[C@@H](C)c3ccccc3)cc2)cs1. The van der Waals surface area contributed by atoms with Crippen molar-refractivity contribution in [3.8, 4) is 5.75 Å². The number of amides is 1. The van der Waals surface area contributed by atoms with E-state index in [2.05, 4.69) is 29.4 Å². The highest BCUT2D eigenvalue weighted by Crippen LogP contribution is 2.16. The number of ether oxygens (including phenoxy) is 1. The van der Waals surface area contributed by atoms with Crippen LogP contribution in [0, 0.1) is 6.92 Å². The van der Waals surface area contributed by atoms with Crippen LogP contribution in [0.3, 0.4) is 0 Å². The number of carbonyl (C=O) groups excluding carboxylic acids is 1. The average molecular weight is 366 g/mol. The number of aryl methyl sites for hydroxylation is 1. The lowest BCUT2D eigenvalue weighted by Crippen LogP contribution is -2.27. The molecule has 0 aliphatic carbocycles. The fraction of sp³-hybridized carbons (Fsp3) is 0.238. The molecule has 1 amide bonds. The molecule has 0 bridgehead atoms. The Morgan fingerprint density at radius 3 is 2.54 bits per heavy atom. The lowest BCUT2D eigenvalue weighted by Gasteiger charge is -2.13. The van der Waals surface area contributed by atoms with Gasteiger partial charge >= 0.3 is 0 Å². The van der Waals surface area contributed by atoms with Crippen molar-refractivity contribution in [3.63, 3.8) is 0 Å². The van der Waals surface area contributed by atoms with Crippen LogP contribution in [0.4, 0.5) is 0 Å². The van der Waals surface area contributed by atoms with Crippen molar-refractivity contribution in [2.24, 2.45) is 0 Å². The van der Waals surface area contributed by atoms with Gasteiger partial charge in [-0.15, -0.1) is 11.3 Å². The molecule has 1 aromatic heterocycles. The summed E-state index contributed by atoms with van der Waals surface area (Å²) >= 11 is 1.61. The summed E-state index contributed by atoms with van der Waals surface area (Å²) in [5.41, 5.74) is 2.76. The van der Waals surface area contributed by atoms with Crippen LogP contribution in [0.15, 0.2) is 60.0 Å². The number of nitrogens with one attached hydrogen (secondary N) is 1. The molecule has 1 N–H and O–H groups in total. The van der Waals surface area contributed by atoms with Crippen LogP contribution in [0.25, 0.3) is 0 Å². The molecule has 2 aromatic carbocycles. The van der Waals surface area contributed by atoms with Gasteiger partial charge in [-0.1, -0.05) is 37.3 Å². The lowest BCUT2D eigenvalue weighted by molar-refractivity contribution is 0.0951. The third-order valence-corrected chi connectivity index (χ3v) is 4.93. The molecule has 0 fully saturated rings. The predicted molar refractivity (Wildman–Crippen MR) is 105 cm³/mol. The molecule has 26 heavy (non-hydrogen) atoms. The number of hydrogen-bond donors (Lipinski definition) is 1. The van der Waals surface area contributed by atoms with Gasteiger partial charge in [-0.3, -0.25) is 4.79 Å². The van der Waals surface area contributed by atoms with E-state index in [0.29, 0.717) is 18.7 Å². The first-order valence-corrected chi connectivity index (χ1v) is 9.47. The van der Waals surface area contributed by atoms with E-state index in [9.17, 15) is 4.79 Å². The smallest absolute Gasteiger partial charge is 0.251 e. The van der Waals surface area contributed by atoms with Crippen LogP contribution in [-0.4, -0.2) is 17.4 Å². The molecule has 3 rings (SSSR count). The zero-order valence-corrected chi connectivity index (χ0v) is 15.8. The van der Waals surface area contributed by atoms with Gasteiger partial charge in [0.2, 0.25) is 0 Å². The summed E-state index contributed by atoms with van der Waals surface area (Å²) in [6.07, 6.45) is 0. The Balaban J connectivity index is 1.50. The van der Waals surface area contributed by atoms with E-state index in [1.54, 1.807) is 23.5 Å². The van der Waals surface area contributed by atoms with Gasteiger partial charge in [0.05, 0.1) is 10.7 Å². The van der Waals surface area contributed by atoms with Crippen LogP contribution in [-0.2, 0) is 6.61 Å². The second kappa shape index (κ2) is 8.63. The van der Waals surface area contributed by atoms with Gasteiger partial charge < -0.3 is 10.1 Å². The molecule has 0 aliphatic rings. The molecule has 1 atom stereocenters. The summed E-state index contributed by atoms with van der Waals surface area (Å²) in [5, 5.41) is 6.01. The number of nitrogens with zero attached hydrogens (tertiary/aromatic N) is 1. The maximum Gasteiger partial charge on any atom is 0.251 e. The normalized spacial score (nSPS) is 11.8. The summed E-state index contributed by atoms with van der Waals surface area (Å²) in [5.74, 6) is 0.920. The number of thiazole rings is 1. The van der Waals surface area contributed by atoms with Gasteiger partial charge in [0.1, 0.15) is 12.4 Å². The van der Waals surface area contributed by atoms with Gasteiger partial charge in [0, 0.05) is 17.5 Å². The lowest BCUT2D eigenvalue weighted by atomic mass is 10.0. The first kappa shape index (κ1) is 18.1. The van der Waals surface area contributed by atoms with Gasteiger partial charge in [-0.25, -0.2) is 4.98 Å². The molecular weight excluding hydrogens is 344 g/mol. The Morgan fingerprint density at radius 1 is 1.15 bits per heavy atom. The van der Waals surface area contributed by atoms with Crippen molar-refractivity contribution in [2.45, 2.75) is 26.4 Å². The summed E-state index contributed by atoms with van der Waals surface area (Å²) < 4.78 is 5.71. The number of aromatic nitrogens is 1. The zero-order chi connectivity index (χ0) is 18.4. The number of rotatable bonds is 7. The minimum atomic E-state index is -0.0746.